The number of nitrogens with zero attached hydrogens (tertiary/aromatic N) is 1. The molecule has 0 aromatic heterocycles. The minimum Gasteiger partial charge on any atom is -0.314 e. The molecule has 0 saturated carbocycles. The van der Waals surface area contributed by atoms with E-state index in [0.717, 1.165) is 39.0 Å². The Morgan fingerprint density at radius 1 is 1.27 bits per heavy atom. The van der Waals surface area contributed by atoms with Crippen molar-refractivity contribution < 1.29 is 4.39 Å². The van der Waals surface area contributed by atoms with Gasteiger partial charge in [-0.15, -0.1) is 12.4 Å². The minimum absolute atomic E-state index is 0. The summed E-state index contributed by atoms with van der Waals surface area (Å²) in [5.74, 6) is 0.0782. The summed E-state index contributed by atoms with van der Waals surface area (Å²) in [6.07, 6.45) is 2.11. The fraction of sp³-hybridized carbons (Fsp3) is 0.625. The quantitative estimate of drug-likeness (QED) is 0.740. The van der Waals surface area contributed by atoms with Crippen LogP contribution in [0.25, 0.3) is 0 Å². The number of nitrogens with one attached hydrogen (secondary N) is 1. The van der Waals surface area contributed by atoms with Crippen molar-refractivity contribution in [3.8, 4) is 0 Å². The summed E-state index contributed by atoms with van der Waals surface area (Å²) >= 11 is 12.5. The number of benzene rings is 1. The molecule has 1 unspecified atom stereocenters. The lowest BCUT2D eigenvalue weighted by Crippen LogP contribution is -2.47. The van der Waals surface area contributed by atoms with E-state index in [4.69, 9.17) is 23.2 Å². The van der Waals surface area contributed by atoms with E-state index in [1.807, 2.05) is 0 Å². The molecule has 0 radical (unpaired) electrons. The Bertz CT molecular complexity index is 479. The topological polar surface area (TPSA) is 15.3 Å². The summed E-state index contributed by atoms with van der Waals surface area (Å²) in [6, 6.07) is 2.94. The Hall–Kier alpha value is -0.0600. The second-order valence-corrected chi connectivity index (χ2v) is 6.54. The Balaban J connectivity index is 0.00000242. The van der Waals surface area contributed by atoms with Crippen molar-refractivity contribution >= 4 is 35.6 Å². The van der Waals surface area contributed by atoms with Crippen LogP contribution in [0.3, 0.4) is 0 Å². The third-order valence-electron chi connectivity index (χ3n) is 4.20. The molecule has 2 rings (SSSR count). The predicted octanol–water partition coefficient (Wildman–Crippen LogP) is 4.94. The van der Waals surface area contributed by atoms with Gasteiger partial charge >= 0.3 is 0 Å². The van der Waals surface area contributed by atoms with Gasteiger partial charge in [-0.25, -0.2) is 4.39 Å². The van der Waals surface area contributed by atoms with E-state index in [0.29, 0.717) is 21.5 Å². The molecule has 2 atom stereocenters. The van der Waals surface area contributed by atoms with Crippen molar-refractivity contribution in [1.29, 1.82) is 0 Å². The van der Waals surface area contributed by atoms with Crippen molar-refractivity contribution in [3.05, 3.63) is 33.6 Å². The molecule has 0 aliphatic carbocycles. The molecule has 0 bridgehead atoms. The van der Waals surface area contributed by atoms with Gasteiger partial charge in [-0.3, -0.25) is 4.90 Å². The minimum atomic E-state index is -0.254. The van der Waals surface area contributed by atoms with Crippen LogP contribution in [-0.2, 0) is 0 Å². The molecule has 0 spiro atoms. The van der Waals surface area contributed by atoms with Crippen molar-refractivity contribution in [2.75, 3.05) is 26.2 Å². The lowest BCUT2D eigenvalue weighted by Gasteiger charge is -2.39. The first-order valence-corrected chi connectivity index (χ1v) is 8.40. The first-order chi connectivity index (χ1) is 10.1. The summed E-state index contributed by atoms with van der Waals surface area (Å²) in [4.78, 5) is 2.33. The molecule has 1 N–H and O–H groups in total. The van der Waals surface area contributed by atoms with Crippen LogP contribution < -0.4 is 5.32 Å². The fourth-order valence-electron chi connectivity index (χ4n) is 3.21. The molecule has 126 valence electrons. The van der Waals surface area contributed by atoms with Gasteiger partial charge in [-0.2, -0.15) is 0 Å². The van der Waals surface area contributed by atoms with Gasteiger partial charge in [0.05, 0.1) is 10.0 Å². The van der Waals surface area contributed by atoms with Crippen LogP contribution in [0.2, 0.25) is 10.0 Å². The zero-order chi connectivity index (χ0) is 15.4. The lowest BCUT2D eigenvalue weighted by atomic mass is 9.88. The second-order valence-electron chi connectivity index (χ2n) is 5.75. The van der Waals surface area contributed by atoms with Gasteiger partial charge in [0.25, 0.3) is 0 Å². The monoisotopic (exact) mass is 368 g/mol. The number of hydrogen-bond acceptors (Lipinski definition) is 2. The zero-order valence-electron chi connectivity index (χ0n) is 13.0. The molecule has 22 heavy (non-hydrogen) atoms. The number of hydrogen-bond donors (Lipinski definition) is 1. The molecule has 6 heteroatoms. The van der Waals surface area contributed by atoms with Crippen molar-refractivity contribution in [2.45, 2.75) is 32.7 Å². The van der Waals surface area contributed by atoms with Crippen molar-refractivity contribution in [1.82, 2.24) is 10.2 Å². The van der Waals surface area contributed by atoms with E-state index in [9.17, 15) is 4.39 Å². The Morgan fingerprint density at radius 3 is 2.50 bits per heavy atom. The van der Waals surface area contributed by atoms with Crippen LogP contribution in [0.4, 0.5) is 4.39 Å². The van der Waals surface area contributed by atoms with E-state index >= 15 is 0 Å². The maximum atomic E-state index is 14.5. The SMILES string of the molecule is CCCC(C)[C@H](c1c(F)ccc(Cl)c1Cl)N1CCNCC1.Cl. The molecule has 1 aliphatic heterocycles. The molecule has 1 aromatic carbocycles. The van der Waals surface area contributed by atoms with Crippen LogP contribution in [-0.4, -0.2) is 31.1 Å². The van der Waals surface area contributed by atoms with Crippen LogP contribution >= 0.6 is 35.6 Å². The molecule has 1 saturated heterocycles. The molecule has 2 nitrogen and oxygen atoms in total. The maximum absolute atomic E-state index is 14.5. The molecule has 0 amide bonds. The Morgan fingerprint density at radius 2 is 1.91 bits per heavy atom. The zero-order valence-corrected chi connectivity index (χ0v) is 15.4. The first kappa shape index (κ1) is 20.0. The average Bonchev–Trinajstić information content (AvgIpc) is 2.48. The van der Waals surface area contributed by atoms with Gasteiger partial charge < -0.3 is 5.32 Å². The van der Waals surface area contributed by atoms with E-state index in [1.54, 1.807) is 0 Å². The largest absolute Gasteiger partial charge is 0.314 e. The fourth-order valence-corrected chi connectivity index (χ4v) is 3.64. The average molecular weight is 370 g/mol. The third kappa shape index (κ3) is 4.48. The number of rotatable bonds is 5. The van der Waals surface area contributed by atoms with E-state index in [2.05, 4.69) is 24.1 Å². The summed E-state index contributed by atoms with van der Waals surface area (Å²) in [6.45, 7) is 7.99. The lowest BCUT2D eigenvalue weighted by molar-refractivity contribution is 0.123. The van der Waals surface area contributed by atoms with E-state index in [1.165, 1.54) is 12.1 Å². The van der Waals surface area contributed by atoms with Gasteiger partial charge in [0, 0.05) is 37.8 Å². The summed E-state index contributed by atoms with van der Waals surface area (Å²) in [5.41, 5.74) is 0.562. The smallest absolute Gasteiger partial charge is 0.129 e. The highest BCUT2D eigenvalue weighted by atomic mass is 35.5. The summed E-state index contributed by atoms with van der Waals surface area (Å²) < 4.78 is 14.5. The molecule has 1 heterocycles. The van der Waals surface area contributed by atoms with Gasteiger partial charge in [0.1, 0.15) is 5.82 Å². The standard InChI is InChI=1S/C16H23Cl2FN2.ClH/c1-3-4-11(2)16(21-9-7-20-8-10-21)14-13(19)6-5-12(17)15(14)18;/h5-6,11,16,20H,3-4,7-10H2,1-2H3;1H/t11?,16-;/m1./s1. The summed E-state index contributed by atoms with van der Waals surface area (Å²) in [5, 5.41) is 4.13. The van der Waals surface area contributed by atoms with Crippen molar-refractivity contribution in [3.63, 3.8) is 0 Å². The molecular weight excluding hydrogens is 346 g/mol. The van der Waals surface area contributed by atoms with Gasteiger partial charge in [0.15, 0.2) is 0 Å². The predicted molar refractivity (Wildman–Crippen MR) is 94.9 cm³/mol. The molecule has 1 aromatic rings. The van der Waals surface area contributed by atoms with E-state index < -0.39 is 0 Å². The second kappa shape index (κ2) is 9.29. The van der Waals surface area contributed by atoms with Crippen LogP contribution in [0.15, 0.2) is 12.1 Å². The number of halogens is 4. The van der Waals surface area contributed by atoms with Gasteiger partial charge in [-0.1, -0.05) is 43.5 Å². The van der Waals surface area contributed by atoms with Crippen LogP contribution in [0, 0.1) is 11.7 Å². The highest BCUT2D eigenvalue weighted by Gasteiger charge is 2.31. The normalized spacial score (nSPS) is 18.6. The maximum Gasteiger partial charge on any atom is 0.129 e. The van der Waals surface area contributed by atoms with Gasteiger partial charge in [-0.05, 0) is 24.5 Å². The van der Waals surface area contributed by atoms with Crippen LogP contribution in [0.1, 0.15) is 38.3 Å². The Kier molecular flexibility index (Phi) is 8.44. The molecule has 1 aliphatic rings. The highest BCUT2D eigenvalue weighted by Crippen LogP contribution is 2.40. The van der Waals surface area contributed by atoms with Crippen molar-refractivity contribution in [2.24, 2.45) is 5.92 Å². The third-order valence-corrected chi connectivity index (χ3v) is 5.02. The van der Waals surface area contributed by atoms with Crippen LogP contribution in [0.5, 0.6) is 0 Å². The number of piperazine rings is 1. The highest BCUT2D eigenvalue weighted by molar-refractivity contribution is 6.42. The first-order valence-electron chi connectivity index (χ1n) is 7.64. The van der Waals surface area contributed by atoms with Gasteiger partial charge in [0.2, 0.25) is 0 Å². The summed E-state index contributed by atoms with van der Waals surface area (Å²) in [7, 11) is 0. The molecule has 1 fully saturated rings. The molecular formula is C16H24Cl3FN2. The van der Waals surface area contributed by atoms with E-state index in [-0.39, 0.29) is 24.3 Å². The Labute approximate surface area is 148 Å².